The van der Waals surface area contributed by atoms with Crippen LogP contribution < -0.4 is 4.74 Å². The minimum Gasteiger partial charge on any atom is -0.497 e. The van der Waals surface area contributed by atoms with Crippen molar-refractivity contribution < 1.29 is 23.0 Å². The zero-order valence-corrected chi connectivity index (χ0v) is 12.2. The Morgan fingerprint density at radius 1 is 1.04 bits per heavy atom. The normalized spacial score (nSPS) is 14.7. The molecule has 1 aromatic heterocycles. The maximum atomic E-state index is 13.8. The first-order chi connectivity index (χ1) is 10.9. The minimum atomic E-state index is -4.88. The van der Waals surface area contributed by atoms with Gasteiger partial charge in [0.1, 0.15) is 5.75 Å². The van der Waals surface area contributed by atoms with Crippen molar-refractivity contribution in [2.24, 2.45) is 0 Å². The van der Waals surface area contributed by atoms with Gasteiger partial charge in [0.25, 0.3) is 0 Å². The number of fused-ring (bicyclic) bond motifs is 1. The van der Waals surface area contributed by atoms with Gasteiger partial charge in [-0.05, 0) is 23.8 Å². The number of hydrogen-bond donors (Lipinski definition) is 2. The maximum absolute atomic E-state index is 13.8. The summed E-state index contributed by atoms with van der Waals surface area (Å²) in [6.07, 6.45) is -3.70. The van der Waals surface area contributed by atoms with Gasteiger partial charge >= 0.3 is 6.18 Å². The zero-order chi connectivity index (χ0) is 16.7. The lowest BCUT2D eigenvalue weighted by molar-refractivity contribution is -0.247. The molecule has 3 rings (SSSR count). The van der Waals surface area contributed by atoms with Crippen LogP contribution in [0.1, 0.15) is 11.1 Å². The van der Waals surface area contributed by atoms with E-state index >= 15 is 0 Å². The van der Waals surface area contributed by atoms with E-state index < -0.39 is 11.8 Å². The van der Waals surface area contributed by atoms with Crippen LogP contribution in [0.4, 0.5) is 13.2 Å². The summed E-state index contributed by atoms with van der Waals surface area (Å²) in [5.74, 6) is 0.413. The van der Waals surface area contributed by atoms with E-state index in [0.29, 0.717) is 11.3 Å². The number of ether oxygens (including phenoxy) is 1. The van der Waals surface area contributed by atoms with Crippen LogP contribution in [0.15, 0.2) is 54.7 Å². The van der Waals surface area contributed by atoms with E-state index in [1.54, 1.807) is 18.2 Å². The molecule has 6 heteroatoms. The number of aromatic amines is 1. The summed E-state index contributed by atoms with van der Waals surface area (Å²) in [5, 5.41) is 10.9. The molecule has 0 saturated carbocycles. The zero-order valence-electron chi connectivity index (χ0n) is 12.2. The Kier molecular flexibility index (Phi) is 3.56. The third-order valence-corrected chi connectivity index (χ3v) is 3.88. The summed E-state index contributed by atoms with van der Waals surface area (Å²) in [6.45, 7) is 0. The molecule has 0 aliphatic rings. The van der Waals surface area contributed by atoms with Crippen molar-refractivity contribution in [2.45, 2.75) is 11.8 Å². The van der Waals surface area contributed by atoms with Gasteiger partial charge < -0.3 is 14.8 Å². The Morgan fingerprint density at radius 3 is 2.35 bits per heavy atom. The number of benzene rings is 2. The Bertz CT molecular complexity index is 827. The van der Waals surface area contributed by atoms with Crippen molar-refractivity contribution >= 4 is 10.9 Å². The second kappa shape index (κ2) is 5.31. The van der Waals surface area contributed by atoms with E-state index in [1.165, 1.54) is 43.6 Å². The molecule has 0 fully saturated rings. The van der Waals surface area contributed by atoms with Gasteiger partial charge in [-0.1, -0.05) is 30.3 Å². The number of aliphatic hydroxyl groups is 1. The quantitative estimate of drug-likeness (QED) is 0.766. The molecule has 23 heavy (non-hydrogen) atoms. The van der Waals surface area contributed by atoms with E-state index in [0.717, 1.165) is 0 Å². The second-order valence-corrected chi connectivity index (χ2v) is 5.19. The molecule has 0 aliphatic heterocycles. The van der Waals surface area contributed by atoms with Crippen molar-refractivity contribution in [2.75, 3.05) is 7.11 Å². The van der Waals surface area contributed by atoms with Crippen LogP contribution in [0.3, 0.4) is 0 Å². The summed E-state index contributed by atoms with van der Waals surface area (Å²) in [5.41, 5.74) is -3.13. The van der Waals surface area contributed by atoms with Gasteiger partial charge in [-0.2, -0.15) is 13.2 Å². The van der Waals surface area contributed by atoms with Crippen molar-refractivity contribution in [3.05, 3.63) is 65.9 Å². The van der Waals surface area contributed by atoms with Crippen molar-refractivity contribution in [1.82, 2.24) is 4.98 Å². The molecule has 0 aliphatic carbocycles. The molecule has 0 bridgehead atoms. The van der Waals surface area contributed by atoms with Gasteiger partial charge in [0.05, 0.1) is 7.11 Å². The van der Waals surface area contributed by atoms with Gasteiger partial charge in [-0.15, -0.1) is 0 Å². The fourth-order valence-corrected chi connectivity index (χ4v) is 2.68. The highest BCUT2D eigenvalue weighted by Gasteiger charge is 2.57. The lowest BCUT2D eigenvalue weighted by atomic mass is 9.85. The van der Waals surface area contributed by atoms with Crippen molar-refractivity contribution in [1.29, 1.82) is 0 Å². The van der Waals surface area contributed by atoms with E-state index in [-0.39, 0.29) is 16.5 Å². The van der Waals surface area contributed by atoms with Gasteiger partial charge in [-0.25, -0.2) is 0 Å². The molecule has 120 valence electrons. The molecular weight excluding hydrogens is 307 g/mol. The summed E-state index contributed by atoms with van der Waals surface area (Å²) >= 11 is 0. The highest BCUT2D eigenvalue weighted by atomic mass is 19.4. The van der Waals surface area contributed by atoms with Gasteiger partial charge in [0, 0.05) is 22.7 Å². The van der Waals surface area contributed by atoms with E-state index in [9.17, 15) is 18.3 Å². The molecule has 1 unspecified atom stereocenters. The third-order valence-electron chi connectivity index (χ3n) is 3.88. The summed E-state index contributed by atoms with van der Waals surface area (Å²) < 4.78 is 46.4. The fourth-order valence-electron chi connectivity index (χ4n) is 2.68. The predicted molar refractivity (Wildman–Crippen MR) is 80.3 cm³/mol. The number of methoxy groups -OCH3 is 1. The average Bonchev–Trinajstić information content (AvgIpc) is 2.97. The Hall–Kier alpha value is -2.47. The SMILES string of the molecule is COc1ccc2[nH]cc(C(O)(c3ccccc3)C(F)(F)F)c2c1. The van der Waals surface area contributed by atoms with Crippen LogP contribution in [-0.2, 0) is 5.60 Å². The number of hydrogen-bond acceptors (Lipinski definition) is 2. The minimum absolute atomic E-state index is 0.240. The number of H-pyrrole nitrogens is 1. The fraction of sp³-hybridized carbons (Fsp3) is 0.176. The topological polar surface area (TPSA) is 45.2 Å². The van der Waals surface area contributed by atoms with Gasteiger partial charge in [0.2, 0.25) is 5.60 Å². The Morgan fingerprint density at radius 2 is 1.74 bits per heavy atom. The largest absolute Gasteiger partial charge is 0.497 e. The van der Waals surface area contributed by atoms with Crippen LogP contribution >= 0.6 is 0 Å². The molecular formula is C17H14F3NO2. The molecule has 2 N–H and O–H groups in total. The lowest BCUT2D eigenvalue weighted by Gasteiger charge is -2.31. The first-order valence-electron chi connectivity index (χ1n) is 6.88. The monoisotopic (exact) mass is 321 g/mol. The molecule has 3 aromatic rings. The number of aromatic nitrogens is 1. The van der Waals surface area contributed by atoms with Crippen LogP contribution in [0.25, 0.3) is 10.9 Å². The maximum Gasteiger partial charge on any atom is 0.425 e. The molecule has 0 amide bonds. The van der Waals surface area contributed by atoms with Gasteiger partial charge in [0.15, 0.2) is 0 Å². The standard InChI is InChI=1S/C17H14F3NO2/c1-23-12-7-8-15-13(9-12)14(10-21-15)16(22,17(18,19)20)11-5-3-2-4-6-11/h2-10,21-22H,1H3. The summed E-state index contributed by atoms with van der Waals surface area (Å²) in [7, 11) is 1.43. The van der Waals surface area contributed by atoms with E-state index in [2.05, 4.69) is 4.98 Å². The van der Waals surface area contributed by atoms with Gasteiger partial charge in [-0.3, -0.25) is 0 Å². The molecule has 0 saturated heterocycles. The van der Waals surface area contributed by atoms with Crippen LogP contribution in [0, 0.1) is 0 Å². The highest BCUT2D eigenvalue weighted by Crippen LogP contribution is 2.46. The number of rotatable bonds is 3. The first-order valence-corrected chi connectivity index (χ1v) is 6.88. The Balaban J connectivity index is 2.31. The average molecular weight is 321 g/mol. The third kappa shape index (κ3) is 2.35. The van der Waals surface area contributed by atoms with Crippen molar-refractivity contribution in [3.8, 4) is 5.75 Å². The second-order valence-electron chi connectivity index (χ2n) is 5.19. The van der Waals surface area contributed by atoms with Crippen LogP contribution in [-0.4, -0.2) is 23.4 Å². The Labute approximate surface area is 130 Å². The number of alkyl halides is 3. The van der Waals surface area contributed by atoms with Crippen LogP contribution in [0.2, 0.25) is 0 Å². The summed E-state index contributed by atoms with van der Waals surface area (Å²) in [4.78, 5) is 2.77. The molecule has 3 nitrogen and oxygen atoms in total. The molecule has 1 heterocycles. The molecule has 0 spiro atoms. The number of halogens is 3. The number of nitrogens with one attached hydrogen (secondary N) is 1. The molecule has 0 radical (unpaired) electrons. The first kappa shape index (κ1) is 15.4. The van der Waals surface area contributed by atoms with E-state index in [1.807, 2.05) is 0 Å². The lowest BCUT2D eigenvalue weighted by Crippen LogP contribution is -2.43. The van der Waals surface area contributed by atoms with Crippen molar-refractivity contribution in [3.63, 3.8) is 0 Å². The summed E-state index contributed by atoms with van der Waals surface area (Å²) in [6, 6.07) is 11.7. The predicted octanol–water partition coefficient (Wildman–Crippen LogP) is 3.97. The molecule has 1 atom stereocenters. The highest BCUT2D eigenvalue weighted by molar-refractivity contribution is 5.86. The smallest absolute Gasteiger partial charge is 0.425 e. The van der Waals surface area contributed by atoms with E-state index in [4.69, 9.17) is 4.74 Å². The molecule has 2 aromatic carbocycles. The van der Waals surface area contributed by atoms with Crippen LogP contribution in [0.5, 0.6) is 5.75 Å².